The molecule has 132 valence electrons. The van der Waals surface area contributed by atoms with Crippen LogP contribution in [0.1, 0.15) is 16.0 Å². The van der Waals surface area contributed by atoms with Crippen LogP contribution in [0.4, 0.5) is 0 Å². The number of allylic oxidation sites excluding steroid dienone is 2. The van der Waals surface area contributed by atoms with Crippen molar-refractivity contribution in [2.24, 2.45) is 0 Å². The Labute approximate surface area is 171 Å². The summed E-state index contributed by atoms with van der Waals surface area (Å²) in [7, 11) is 0. The lowest BCUT2D eigenvalue weighted by molar-refractivity contribution is 1.41. The quantitative estimate of drug-likeness (QED) is 0.362. The fraction of sp³-hybridized carbons (Fsp3) is 0.0952. The van der Waals surface area contributed by atoms with Crippen LogP contribution in [0.25, 0.3) is 24.5 Å². The number of nitrogens with zero attached hydrogens (tertiary/aromatic N) is 1. The molecule has 0 amide bonds. The topological polar surface area (TPSA) is 12.9 Å². The van der Waals surface area contributed by atoms with E-state index in [0.29, 0.717) is 0 Å². The van der Waals surface area contributed by atoms with E-state index >= 15 is 0 Å². The average molecular weight is 414 g/mol. The molecule has 0 N–H and O–H groups in total. The molecule has 0 aliphatic carbocycles. The molecule has 0 spiro atoms. The Morgan fingerprint density at radius 1 is 1.08 bits per heavy atom. The van der Waals surface area contributed by atoms with Crippen molar-refractivity contribution in [3.8, 4) is 19.6 Å². The fourth-order valence-corrected chi connectivity index (χ4v) is 6.51. The van der Waals surface area contributed by atoms with E-state index in [9.17, 15) is 0 Å². The van der Waals surface area contributed by atoms with Crippen molar-refractivity contribution in [2.45, 2.75) is 13.8 Å². The summed E-state index contributed by atoms with van der Waals surface area (Å²) in [5.74, 6) is 0. The highest BCUT2D eigenvalue weighted by Crippen LogP contribution is 2.45. The first kappa shape index (κ1) is 19.1. The van der Waals surface area contributed by atoms with Gasteiger partial charge in [-0.3, -0.25) is 0 Å². The molecule has 3 rings (SSSR count). The first-order valence-electron chi connectivity index (χ1n) is 7.89. The molecule has 1 nitrogen and oxygen atoms in total. The molecule has 26 heavy (non-hydrogen) atoms. The molecule has 0 aromatic carbocycles. The van der Waals surface area contributed by atoms with E-state index in [-0.39, 0.29) is 0 Å². The Balaban J connectivity index is 1.88. The van der Waals surface area contributed by atoms with E-state index in [1.807, 2.05) is 11.6 Å². The Morgan fingerprint density at radius 3 is 2.42 bits per heavy atom. The van der Waals surface area contributed by atoms with Crippen LogP contribution in [0, 0.1) is 13.8 Å². The highest BCUT2D eigenvalue weighted by Gasteiger charge is 2.16. The summed E-state index contributed by atoms with van der Waals surface area (Å²) in [5.41, 5.74) is 3.35. The number of thioether (sulfide) groups is 1. The molecule has 0 unspecified atom stereocenters. The van der Waals surface area contributed by atoms with Crippen molar-refractivity contribution < 1.29 is 0 Å². The summed E-state index contributed by atoms with van der Waals surface area (Å²) in [6.07, 6.45) is 3.58. The third kappa shape index (κ3) is 3.86. The van der Waals surface area contributed by atoms with Crippen LogP contribution in [-0.4, -0.2) is 4.98 Å². The number of rotatable bonds is 7. The van der Waals surface area contributed by atoms with E-state index in [4.69, 9.17) is 0 Å². The van der Waals surface area contributed by atoms with Crippen molar-refractivity contribution in [2.75, 3.05) is 0 Å². The zero-order valence-corrected chi connectivity index (χ0v) is 18.1. The molecule has 0 radical (unpaired) electrons. The monoisotopic (exact) mass is 413 g/mol. The number of hydrogen-bond donors (Lipinski definition) is 0. The Kier molecular flexibility index (Phi) is 5.82. The van der Waals surface area contributed by atoms with Crippen LogP contribution < -0.4 is 0 Å². The predicted molar refractivity (Wildman–Crippen MR) is 123 cm³/mol. The molecule has 0 saturated heterocycles. The molecule has 0 aliphatic rings. The van der Waals surface area contributed by atoms with Crippen molar-refractivity contribution in [3.05, 3.63) is 82.6 Å². The summed E-state index contributed by atoms with van der Waals surface area (Å²) in [5, 5.41) is 3.11. The minimum Gasteiger partial charge on any atom is -0.244 e. The van der Waals surface area contributed by atoms with Gasteiger partial charge >= 0.3 is 0 Å². The van der Waals surface area contributed by atoms with E-state index in [1.54, 1.807) is 51.8 Å². The highest BCUT2D eigenvalue weighted by atomic mass is 32.2. The van der Waals surface area contributed by atoms with Gasteiger partial charge in [0.25, 0.3) is 0 Å². The minimum absolute atomic E-state index is 0.840. The van der Waals surface area contributed by atoms with Gasteiger partial charge in [-0.1, -0.05) is 44.2 Å². The molecule has 3 aromatic rings. The van der Waals surface area contributed by atoms with Crippen molar-refractivity contribution >= 4 is 50.7 Å². The highest BCUT2D eigenvalue weighted by molar-refractivity contribution is 8.12. The molecule has 0 fully saturated rings. The Morgan fingerprint density at radius 2 is 1.77 bits per heavy atom. The second-order valence-electron chi connectivity index (χ2n) is 5.76. The van der Waals surface area contributed by atoms with Gasteiger partial charge in [-0.15, -0.1) is 34.0 Å². The largest absolute Gasteiger partial charge is 0.244 e. The van der Waals surface area contributed by atoms with E-state index in [0.717, 1.165) is 20.4 Å². The van der Waals surface area contributed by atoms with Crippen LogP contribution in [0.15, 0.2) is 66.6 Å². The Bertz CT molecular complexity index is 999. The number of hydrogen-bond acceptors (Lipinski definition) is 5. The van der Waals surface area contributed by atoms with Gasteiger partial charge in [0.2, 0.25) is 0 Å². The summed E-state index contributed by atoms with van der Waals surface area (Å²) >= 11 is 6.82. The molecular formula is C21H19NS4. The maximum atomic E-state index is 4.45. The first-order chi connectivity index (χ1) is 12.4. The third-order valence-electron chi connectivity index (χ3n) is 3.81. The number of aromatic nitrogens is 1. The van der Waals surface area contributed by atoms with Gasteiger partial charge in [-0.05, 0) is 42.7 Å². The predicted octanol–water partition coefficient (Wildman–Crippen LogP) is 8.18. The lowest BCUT2D eigenvalue weighted by Crippen LogP contribution is -1.80. The van der Waals surface area contributed by atoms with Crippen LogP contribution >= 0.6 is 45.8 Å². The Hall–Kier alpha value is -1.66. The van der Waals surface area contributed by atoms with Gasteiger partial charge in [0.05, 0.1) is 4.88 Å². The maximum absolute atomic E-state index is 4.45. The molecule has 0 aliphatic heterocycles. The zero-order chi connectivity index (χ0) is 18.8. The number of thiophene rings is 2. The van der Waals surface area contributed by atoms with Crippen molar-refractivity contribution in [3.63, 3.8) is 0 Å². The van der Waals surface area contributed by atoms with Crippen molar-refractivity contribution in [1.82, 2.24) is 4.98 Å². The smallest absolute Gasteiger partial charge is 0.133 e. The van der Waals surface area contributed by atoms with Gasteiger partial charge in [0.15, 0.2) is 0 Å². The standard InChI is InChI=1S/C21H19NS4/c1-7-12(2)15(5)24-16(6)19-13(3)10-17(25-19)18-11-14(4)20(26-18)21-22-8-9-23-21/h7-11H,1-2,5-6H2,3-4H3. The second-order valence-corrected chi connectivity index (χ2v) is 9.95. The number of aryl methyl sites for hydroxylation is 2. The van der Waals surface area contributed by atoms with Crippen molar-refractivity contribution in [1.29, 1.82) is 0 Å². The molecule has 0 saturated carbocycles. The van der Waals surface area contributed by atoms with Crippen LogP contribution in [-0.2, 0) is 0 Å². The molecule has 3 heterocycles. The van der Waals surface area contributed by atoms with Gasteiger partial charge in [-0.2, -0.15) is 0 Å². The van der Waals surface area contributed by atoms with Crippen LogP contribution in [0.5, 0.6) is 0 Å². The normalized spacial score (nSPS) is 10.7. The first-order valence-corrected chi connectivity index (χ1v) is 11.2. The second kappa shape index (κ2) is 7.92. The minimum atomic E-state index is 0.840. The molecule has 0 bridgehead atoms. The summed E-state index contributed by atoms with van der Waals surface area (Å²) in [6, 6.07) is 4.50. The third-order valence-corrected chi connectivity index (χ3v) is 8.55. The number of thiazole rings is 1. The summed E-state index contributed by atoms with van der Waals surface area (Å²) in [4.78, 5) is 11.3. The van der Waals surface area contributed by atoms with Gasteiger partial charge in [0, 0.05) is 36.0 Å². The van der Waals surface area contributed by atoms with Crippen LogP contribution in [0.2, 0.25) is 0 Å². The van der Waals surface area contributed by atoms with Gasteiger partial charge in [-0.25, -0.2) is 4.98 Å². The van der Waals surface area contributed by atoms with E-state index < -0.39 is 0 Å². The average Bonchev–Trinajstić information content (AvgIpc) is 3.33. The molecule has 0 atom stereocenters. The van der Waals surface area contributed by atoms with Gasteiger partial charge in [0.1, 0.15) is 5.01 Å². The van der Waals surface area contributed by atoms with Gasteiger partial charge < -0.3 is 0 Å². The lowest BCUT2D eigenvalue weighted by Gasteiger charge is -2.07. The lowest BCUT2D eigenvalue weighted by atomic mass is 10.2. The molecule has 3 aromatic heterocycles. The fourth-order valence-electron chi connectivity index (χ4n) is 2.41. The summed E-state index contributed by atoms with van der Waals surface area (Å²) < 4.78 is 0. The van der Waals surface area contributed by atoms with Crippen LogP contribution in [0.3, 0.4) is 0 Å². The summed E-state index contributed by atoms with van der Waals surface area (Å²) in [6.45, 7) is 20.3. The molecule has 5 heteroatoms. The maximum Gasteiger partial charge on any atom is 0.133 e. The SMILES string of the molecule is C=CC(=C)C(=C)SC(=C)c1sc(-c2cc(C)c(-c3nccs3)s2)cc1C. The van der Waals surface area contributed by atoms with E-state index in [2.05, 4.69) is 57.3 Å². The van der Waals surface area contributed by atoms with E-state index in [1.165, 1.54) is 30.6 Å². The zero-order valence-electron chi connectivity index (χ0n) is 14.8. The molecular weight excluding hydrogens is 395 g/mol.